The Labute approximate surface area is 95.6 Å². The zero-order valence-corrected chi connectivity index (χ0v) is 9.75. The number of rotatable bonds is 3. The van der Waals surface area contributed by atoms with Gasteiger partial charge in [-0.15, -0.1) is 0 Å². The average molecular weight is 224 g/mol. The molecule has 3 N–H and O–H groups in total. The SMILES string of the molecule is CNC(=S)OC(N)C(C)c1ccccc1. The highest BCUT2D eigenvalue weighted by molar-refractivity contribution is 7.80. The van der Waals surface area contributed by atoms with Crippen LogP contribution in [0.25, 0.3) is 0 Å². The highest BCUT2D eigenvalue weighted by Gasteiger charge is 2.16. The Hall–Kier alpha value is -1.13. The van der Waals surface area contributed by atoms with Crippen LogP contribution in [-0.2, 0) is 4.74 Å². The molecule has 1 aromatic rings. The molecular weight excluding hydrogens is 208 g/mol. The fourth-order valence-corrected chi connectivity index (χ4v) is 1.34. The van der Waals surface area contributed by atoms with Crippen LogP contribution in [0.4, 0.5) is 0 Å². The molecule has 0 bridgehead atoms. The predicted molar refractivity (Wildman–Crippen MR) is 65.6 cm³/mol. The Bertz CT molecular complexity index is 316. The maximum atomic E-state index is 5.88. The summed E-state index contributed by atoms with van der Waals surface area (Å²) in [5, 5.41) is 3.06. The first-order valence-electron chi connectivity index (χ1n) is 4.84. The Morgan fingerprint density at radius 2 is 2.00 bits per heavy atom. The van der Waals surface area contributed by atoms with Crippen LogP contribution in [-0.4, -0.2) is 18.5 Å². The summed E-state index contributed by atoms with van der Waals surface area (Å²) in [6.45, 7) is 2.01. The van der Waals surface area contributed by atoms with Crippen LogP contribution in [0.3, 0.4) is 0 Å². The van der Waals surface area contributed by atoms with E-state index in [-0.39, 0.29) is 5.92 Å². The first-order valence-corrected chi connectivity index (χ1v) is 5.25. The number of thiocarbonyl (C=S) groups is 1. The molecule has 0 aromatic heterocycles. The summed E-state index contributed by atoms with van der Waals surface area (Å²) in [6, 6.07) is 9.98. The molecule has 4 heteroatoms. The molecule has 15 heavy (non-hydrogen) atoms. The van der Waals surface area contributed by atoms with Crippen molar-refractivity contribution in [3.8, 4) is 0 Å². The van der Waals surface area contributed by atoms with Crippen molar-refractivity contribution in [2.75, 3.05) is 7.05 Å². The molecule has 0 radical (unpaired) electrons. The van der Waals surface area contributed by atoms with E-state index in [0.29, 0.717) is 5.17 Å². The highest BCUT2D eigenvalue weighted by atomic mass is 32.1. The maximum Gasteiger partial charge on any atom is 0.257 e. The number of nitrogens with two attached hydrogens (primary N) is 1. The summed E-state index contributed by atoms with van der Waals surface area (Å²) in [5.74, 6) is 0.109. The van der Waals surface area contributed by atoms with Gasteiger partial charge < -0.3 is 10.1 Å². The lowest BCUT2D eigenvalue weighted by molar-refractivity contribution is 0.168. The standard InChI is InChI=1S/C11H16N2OS/c1-8(9-6-4-3-5-7-9)10(12)14-11(15)13-2/h3-8,10H,12H2,1-2H3,(H,13,15). The van der Waals surface area contributed by atoms with Crippen LogP contribution in [0.5, 0.6) is 0 Å². The summed E-state index contributed by atoms with van der Waals surface area (Å²) in [4.78, 5) is 0. The molecule has 82 valence electrons. The molecule has 2 atom stereocenters. The van der Waals surface area contributed by atoms with Crippen LogP contribution < -0.4 is 11.1 Å². The summed E-state index contributed by atoms with van der Waals surface area (Å²) >= 11 is 4.89. The minimum Gasteiger partial charge on any atom is -0.452 e. The lowest BCUT2D eigenvalue weighted by Gasteiger charge is -2.21. The smallest absolute Gasteiger partial charge is 0.257 e. The van der Waals surface area contributed by atoms with Crippen molar-refractivity contribution in [3.05, 3.63) is 35.9 Å². The van der Waals surface area contributed by atoms with Gasteiger partial charge in [-0.2, -0.15) is 0 Å². The van der Waals surface area contributed by atoms with Gasteiger partial charge in [0.1, 0.15) is 0 Å². The number of hydrogen-bond donors (Lipinski definition) is 2. The normalized spacial score (nSPS) is 14.1. The van der Waals surface area contributed by atoms with E-state index in [1.807, 2.05) is 37.3 Å². The summed E-state index contributed by atoms with van der Waals surface area (Å²) < 4.78 is 5.31. The second-order valence-corrected chi connectivity index (χ2v) is 3.69. The minimum absolute atomic E-state index is 0.109. The quantitative estimate of drug-likeness (QED) is 0.605. The molecule has 0 saturated carbocycles. The lowest BCUT2D eigenvalue weighted by Crippen LogP contribution is -2.35. The van der Waals surface area contributed by atoms with E-state index in [1.54, 1.807) is 7.05 Å². The lowest BCUT2D eigenvalue weighted by atomic mass is 10.00. The molecule has 0 aliphatic heterocycles. The van der Waals surface area contributed by atoms with Crippen molar-refractivity contribution in [1.29, 1.82) is 0 Å². The summed E-state index contributed by atoms with van der Waals surface area (Å²) in [6.07, 6.45) is -0.424. The van der Waals surface area contributed by atoms with Gasteiger partial charge in [-0.3, -0.25) is 5.73 Å². The second-order valence-electron chi connectivity index (χ2n) is 3.32. The van der Waals surface area contributed by atoms with Crippen LogP contribution in [0.2, 0.25) is 0 Å². The first kappa shape index (κ1) is 11.9. The van der Waals surface area contributed by atoms with E-state index < -0.39 is 6.23 Å². The number of hydrogen-bond acceptors (Lipinski definition) is 3. The zero-order chi connectivity index (χ0) is 11.3. The fraction of sp³-hybridized carbons (Fsp3) is 0.364. The van der Waals surface area contributed by atoms with E-state index in [0.717, 1.165) is 5.56 Å². The van der Waals surface area contributed by atoms with Gasteiger partial charge in [-0.1, -0.05) is 37.3 Å². The molecule has 0 spiro atoms. The van der Waals surface area contributed by atoms with Gasteiger partial charge in [0, 0.05) is 13.0 Å². The fourth-order valence-electron chi connectivity index (χ4n) is 1.23. The van der Waals surface area contributed by atoms with Gasteiger partial charge in [-0.05, 0) is 17.8 Å². The Balaban J connectivity index is 2.61. The third-order valence-electron chi connectivity index (χ3n) is 2.27. The molecule has 0 aliphatic carbocycles. The van der Waals surface area contributed by atoms with Gasteiger partial charge in [-0.25, -0.2) is 0 Å². The van der Waals surface area contributed by atoms with Crippen molar-refractivity contribution in [2.24, 2.45) is 5.73 Å². The molecule has 0 aliphatic rings. The second kappa shape index (κ2) is 5.68. The highest BCUT2D eigenvalue weighted by Crippen LogP contribution is 2.18. The molecule has 1 aromatic carbocycles. The molecule has 0 amide bonds. The Kier molecular flexibility index (Phi) is 4.52. The van der Waals surface area contributed by atoms with Gasteiger partial charge in [0.25, 0.3) is 5.17 Å². The summed E-state index contributed by atoms with van der Waals surface area (Å²) in [5.41, 5.74) is 7.02. The molecular formula is C11H16N2OS. The topological polar surface area (TPSA) is 47.3 Å². The predicted octanol–water partition coefficient (Wildman–Crippen LogP) is 1.60. The monoisotopic (exact) mass is 224 g/mol. The van der Waals surface area contributed by atoms with Crippen LogP contribution in [0, 0.1) is 0 Å². The molecule has 0 saturated heterocycles. The zero-order valence-electron chi connectivity index (χ0n) is 8.94. The minimum atomic E-state index is -0.424. The van der Waals surface area contributed by atoms with Crippen molar-refractivity contribution >= 4 is 17.4 Å². The average Bonchev–Trinajstić information content (AvgIpc) is 2.29. The number of benzene rings is 1. The van der Waals surface area contributed by atoms with Crippen LogP contribution in [0.1, 0.15) is 18.4 Å². The third-order valence-corrected chi connectivity index (χ3v) is 2.57. The largest absolute Gasteiger partial charge is 0.452 e. The van der Waals surface area contributed by atoms with E-state index in [2.05, 4.69) is 5.32 Å². The van der Waals surface area contributed by atoms with Crippen LogP contribution >= 0.6 is 12.2 Å². The van der Waals surface area contributed by atoms with Crippen molar-refractivity contribution in [2.45, 2.75) is 19.1 Å². The molecule has 0 heterocycles. The van der Waals surface area contributed by atoms with Gasteiger partial charge in [0.15, 0.2) is 6.23 Å². The number of nitrogens with one attached hydrogen (secondary N) is 1. The Morgan fingerprint density at radius 1 is 1.40 bits per heavy atom. The number of ether oxygens (including phenoxy) is 1. The summed E-state index contributed by atoms with van der Waals surface area (Å²) in [7, 11) is 1.71. The van der Waals surface area contributed by atoms with Crippen LogP contribution in [0.15, 0.2) is 30.3 Å². The van der Waals surface area contributed by atoms with E-state index in [1.165, 1.54) is 0 Å². The van der Waals surface area contributed by atoms with Crippen molar-refractivity contribution in [3.63, 3.8) is 0 Å². The van der Waals surface area contributed by atoms with Gasteiger partial charge >= 0.3 is 0 Å². The van der Waals surface area contributed by atoms with E-state index >= 15 is 0 Å². The van der Waals surface area contributed by atoms with Crippen molar-refractivity contribution < 1.29 is 4.74 Å². The van der Waals surface area contributed by atoms with Gasteiger partial charge in [0.05, 0.1) is 0 Å². The molecule has 2 unspecified atom stereocenters. The molecule has 3 nitrogen and oxygen atoms in total. The maximum absolute atomic E-state index is 5.88. The van der Waals surface area contributed by atoms with E-state index in [9.17, 15) is 0 Å². The third kappa shape index (κ3) is 3.49. The molecule has 0 fully saturated rings. The van der Waals surface area contributed by atoms with Crippen molar-refractivity contribution in [1.82, 2.24) is 5.32 Å². The van der Waals surface area contributed by atoms with Gasteiger partial charge in [0.2, 0.25) is 0 Å². The van der Waals surface area contributed by atoms with E-state index in [4.69, 9.17) is 22.7 Å². The molecule has 1 rings (SSSR count). The first-order chi connectivity index (χ1) is 7.15. The Morgan fingerprint density at radius 3 is 2.53 bits per heavy atom.